The SMILES string of the molecule is COC(=O)NC1CCN(C(=O)CCNC(=O)OC(C)(C)C)CC1. The van der Waals surface area contributed by atoms with E-state index in [1.807, 2.05) is 0 Å². The van der Waals surface area contributed by atoms with E-state index in [4.69, 9.17) is 4.74 Å². The zero-order valence-electron chi connectivity index (χ0n) is 14.3. The molecule has 1 aliphatic rings. The van der Waals surface area contributed by atoms with E-state index in [0.29, 0.717) is 25.9 Å². The summed E-state index contributed by atoms with van der Waals surface area (Å²) in [6, 6.07) is 0.0337. The maximum absolute atomic E-state index is 12.1. The number of likely N-dealkylation sites (tertiary alicyclic amines) is 1. The fraction of sp³-hybridized carbons (Fsp3) is 0.800. The predicted octanol–water partition coefficient (Wildman–Crippen LogP) is 1.25. The van der Waals surface area contributed by atoms with Crippen LogP contribution in [0.3, 0.4) is 0 Å². The highest BCUT2D eigenvalue weighted by Gasteiger charge is 2.24. The first-order valence-electron chi connectivity index (χ1n) is 7.80. The van der Waals surface area contributed by atoms with E-state index < -0.39 is 17.8 Å². The predicted molar refractivity (Wildman–Crippen MR) is 84.0 cm³/mol. The Hall–Kier alpha value is -1.99. The Balaban J connectivity index is 2.22. The maximum Gasteiger partial charge on any atom is 0.407 e. The molecule has 1 saturated heterocycles. The Morgan fingerprint density at radius 2 is 1.74 bits per heavy atom. The average molecular weight is 329 g/mol. The molecule has 0 aliphatic carbocycles. The lowest BCUT2D eigenvalue weighted by atomic mass is 10.0. The maximum atomic E-state index is 12.1. The molecule has 8 heteroatoms. The van der Waals surface area contributed by atoms with Crippen LogP contribution >= 0.6 is 0 Å². The van der Waals surface area contributed by atoms with Gasteiger partial charge in [0.2, 0.25) is 5.91 Å². The standard InChI is InChI=1S/C15H27N3O5/c1-15(2,3)23-13(20)16-8-5-12(19)18-9-6-11(7-10-18)17-14(21)22-4/h11H,5-10H2,1-4H3,(H,16,20)(H,17,21). The van der Waals surface area contributed by atoms with Crippen LogP contribution in [-0.2, 0) is 14.3 Å². The minimum atomic E-state index is -0.553. The van der Waals surface area contributed by atoms with Crippen LogP contribution in [-0.4, -0.2) is 61.4 Å². The number of carbonyl (C=O) groups excluding carboxylic acids is 3. The molecule has 0 radical (unpaired) electrons. The monoisotopic (exact) mass is 329 g/mol. The molecule has 0 unspecified atom stereocenters. The lowest BCUT2D eigenvalue weighted by molar-refractivity contribution is -0.132. The number of alkyl carbamates (subject to hydrolysis) is 2. The van der Waals surface area contributed by atoms with Crippen LogP contribution < -0.4 is 10.6 Å². The Kier molecular flexibility index (Phi) is 7.12. The van der Waals surface area contributed by atoms with Crippen molar-refractivity contribution in [1.29, 1.82) is 0 Å². The van der Waals surface area contributed by atoms with E-state index in [-0.39, 0.29) is 24.9 Å². The number of carbonyl (C=O) groups is 3. The Labute approximate surface area is 136 Å². The van der Waals surface area contributed by atoms with Gasteiger partial charge >= 0.3 is 12.2 Å². The molecule has 0 bridgehead atoms. The Morgan fingerprint density at radius 1 is 1.13 bits per heavy atom. The molecule has 1 fully saturated rings. The van der Waals surface area contributed by atoms with Gasteiger partial charge in [0.25, 0.3) is 0 Å². The number of nitrogens with one attached hydrogen (secondary N) is 2. The van der Waals surface area contributed by atoms with Crippen LogP contribution in [0.1, 0.15) is 40.0 Å². The van der Waals surface area contributed by atoms with Crippen molar-refractivity contribution >= 4 is 18.1 Å². The molecule has 0 aromatic heterocycles. The van der Waals surface area contributed by atoms with Crippen LogP contribution in [0.2, 0.25) is 0 Å². The molecule has 132 valence electrons. The van der Waals surface area contributed by atoms with Crippen molar-refractivity contribution in [1.82, 2.24) is 15.5 Å². The highest BCUT2D eigenvalue weighted by molar-refractivity contribution is 5.77. The lowest BCUT2D eigenvalue weighted by Crippen LogP contribution is -2.47. The number of ether oxygens (including phenoxy) is 2. The fourth-order valence-corrected chi connectivity index (χ4v) is 2.24. The molecule has 1 heterocycles. The van der Waals surface area contributed by atoms with Gasteiger partial charge in [-0.3, -0.25) is 4.79 Å². The van der Waals surface area contributed by atoms with E-state index in [2.05, 4.69) is 15.4 Å². The second-order valence-electron chi connectivity index (χ2n) is 6.47. The molecule has 1 rings (SSSR count). The normalized spacial score (nSPS) is 15.7. The number of rotatable bonds is 4. The summed E-state index contributed by atoms with van der Waals surface area (Å²) in [5.74, 6) is -0.0161. The molecule has 23 heavy (non-hydrogen) atoms. The first-order chi connectivity index (χ1) is 10.7. The second kappa shape index (κ2) is 8.59. The van der Waals surface area contributed by atoms with E-state index in [0.717, 1.165) is 0 Å². The van der Waals surface area contributed by atoms with Crippen molar-refractivity contribution in [3.05, 3.63) is 0 Å². The third-order valence-electron chi connectivity index (χ3n) is 3.36. The zero-order valence-corrected chi connectivity index (χ0v) is 14.3. The second-order valence-corrected chi connectivity index (χ2v) is 6.47. The molecular formula is C15H27N3O5. The van der Waals surface area contributed by atoms with Crippen molar-refractivity contribution in [2.24, 2.45) is 0 Å². The highest BCUT2D eigenvalue weighted by atomic mass is 16.6. The van der Waals surface area contributed by atoms with Crippen LogP contribution in [0.4, 0.5) is 9.59 Å². The molecule has 0 saturated carbocycles. The highest BCUT2D eigenvalue weighted by Crippen LogP contribution is 2.11. The van der Waals surface area contributed by atoms with Gasteiger partial charge in [0.1, 0.15) is 5.60 Å². The number of nitrogens with zero attached hydrogens (tertiary/aromatic N) is 1. The average Bonchev–Trinajstić information content (AvgIpc) is 2.45. The summed E-state index contributed by atoms with van der Waals surface area (Å²) < 4.78 is 9.65. The summed E-state index contributed by atoms with van der Waals surface area (Å²) in [6.07, 6.45) is 0.650. The van der Waals surface area contributed by atoms with Gasteiger partial charge in [-0.25, -0.2) is 9.59 Å². The molecule has 0 aromatic carbocycles. The Bertz CT molecular complexity index is 425. The number of hydrogen-bond acceptors (Lipinski definition) is 5. The van der Waals surface area contributed by atoms with Crippen LogP contribution in [0.5, 0.6) is 0 Å². The topological polar surface area (TPSA) is 97.0 Å². The fourth-order valence-electron chi connectivity index (χ4n) is 2.24. The van der Waals surface area contributed by atoms with Crippen LogP contribution in [0.25, 0.3) is 0 Å². The lowest BCUT2D eigenvalue weighted by Gasteiger charge is -2.32. The van der Waals surface area contributed by atoms with Gasteiger partial charge in [0.15, 0.2) is 0 Å². The number of hydrogen-bond donors (Lipinski definition) is 2. The van der Waals surface area contributed by atoms with Gasteiger partial charge in [-0.15, -0.1) is 0 Å². The summed E-state index contributed by atoms with van der Waals surface area (Å²) in [7, 11) is 1.33. The zero-order chi connectivity index (χ0) is 17.5. The summed E-state index contributed by atoms with van der Waals surface area (Å²) in [5, 5.41) is 5.30. The van der Waals surface area contributed by atoms with E-state index in [9.17, 15) is 14.4 Å². The van der Waals surface area contributed by atoms with Gasteiger partial charge in [0, 0.05) is 32.1 Å². The van der Waals surface area contributed by atoms with Gasteiger partial charge in [-0.05, 0) is 33.6 Å². The van der Waals surface area contributed by atoms with Gasteiger partial charge in [-0.1, -0.05) is 0 Å². The van der Waals surface area contributed by atoms with Crippen molar-refractivity contribution in [3.63, 3.8) is 0 Å². The largest absolute Gasteiger partial charge is 0.453 e. The first kappa shape index (κ1) is 19.1. The Morgan fingerprint density at radius 3 is 2.26 bits per heavy atom. The third kappa shape index (κ3) is 7.71. The van der Waals surface area contributed by atoms with Crippen molar-refractivity contribution in [2.45, 2.75) is 51.7 Å². The first-order valence-corrected chi connectivity index (χ1v) is 7.80. The summed E-state index contributed by atoms with van der Waals surface area (Å²) in [4.78, 5) is 36.4. The molecule has 0 atom stereocenters. The summed E-state index contributed by atoms with van der Waals surface area (Å²) in [6.45, 7) is 6.76. The molecule has 8 nitrogen and oxygen atoms in total. The summed E-state index contributed by atoms with van der Waals surface area (Å²) >= 11 is 0. The molecule has 1 aliphatic heterocycles. The van der Waals surface area contributed by atoms with E-state index >= 15 is 0 Å². The van der Waals surface area contributed by atoms with Gasteiger partial charge < -0.3 is 25.0 Å². The van der Waals surface area contributed by atoms with Crippen molar-refractivity contribution in [3.8, 4) is 0 Å². The van der Waals surface area contributed by atoms with Crippen LogP contribution in [0.15, 0.2) is 0 Å². The van der Waals surface area contributed by atoms with E-state index in [1.54, 1.807) is 25.7 Å². The molecule has 0 aromatic rings. The number of amides is 3. The van der Waals surface area contributed by atoms with Gasteiger partial charge in [-0.2, -0.15) is 0 Å². The minimum Gasteiger partial charge on any atom is -0.453 e. The number of methoxy groups -OCH3 is 1. The number of piperidine rings is 1. The summed E-state index contributed by atoms with van der Waals surface area (Å²) in [5.41, 5.74) is -0.553. The minimum absolute atomic E-state index is 0.0161. The molecule has 2 N–H and O–H groups in total. The molecular weight excluding hydrogens is 302 g/mol. The van der Waals surface area contributed by atoms with Crippen molar-refractivity contribution < 1.29 is 23.9 Å². The molecule has 0 spiro atoms. The van der Waals surface area contributed by atoms with Crippen molar-refractivity contribution in [2.75, 3.05) is 26.7 Å². The van der Waals surface area contributed by atoms with Crippen LogP contribution in [0, 0.1) is 0 Å². The molecule has 3 amide bonds. The quantitative estimate of drug-likeness (QED) is 0.809. The van der Waals surface area contributed by atoms with E-state index in [1.165, 1.54) is 7.11 Å². The van der Waals surface area contributed by atoms with Gasteiger partial charge in [0.05, 0.1) is 7.11 Å². The third-order valence-corrected chi connectivity index (χ3v) is 3.36. The smallest absolute Gasteiger partial charge is 0.407 e.